The number of benzene rings is 2. The molecule has 1 aliphatic rings. The second-order valence-corrected chi connectivity index (χ2v) is 8.03. The molecule has 5 heteroatoms. The summed E-state index contributed by atoms with van der Waals surface area (Å²) in [6.07, 6.45) is 2.82. The lowest BCUT2D eigenvalue weighted by Crippen LogP contribution is -2.31. The zero-order chi connectivity index (χ0) is 17.3. The summed E-state index contributed by atoms with van der Waals surface area (Å²) in [5.74, 6) is 0.703. The fraction of sp³-hybridized carbons (Fsp3) is 0.368. The fourth-order valence-electron chi connectivity index (χ4n) is 3.40. The van der Waals surface area contributed by atoms with E-state index < -0.39 is 10.0 Å². The number of nitrogens with one attached hydrogen (secondary N) is 1. The molecule has 0 fully saturated rings. The molecule has 2 aromatic carbocycles. The highest BCUT2D eigenvalue weighted by molar-refractivity contribution is 7.89. The Balaban J connectivity index is 1.95. The minimum Gasteiger partial charge on any atom is -0.496 e. The first kappa shape index (κ1) is 17.0. The lowest BCUT2D eigenvalue weighted by molar-refractivity contribution is 0.411. The van der Waals surface area contributed by atoms with Gasteiger partial charge < -0.3 is 4.74 Å². The highest BCUT2D eigenvalue weighted by Crippen LogP contribution is 2.32. The fourth-order valence-corrected chi connectivity index (χ4v) is 4.96. The molecule has 0 aliphatic heterocycles. The van der Waals surface area contributed by atoms with Gasteiger partial charge in [-0.2, -0.15) is 0 Å². The molecule has 0 saturated carbocycles. The number of sulfonamides is 1. The summed E-state index contributed by atoms with van der Waals surface area (Å²) in [6.45, 7) is 3.65. The van der Waals surface area contributed by atoms with Crippen molar-refractivity contribution >= 4 is 10.0 Å². The van der Waals surface area contributed by atoms with E-state index in [4.69, 9.17) is 4.74 Å². The highest BCUT2D eigenvalue weighted by Gasteiger charge is 2.27. The maximum atomic E-state index is 12.9. The van der Waals surface area contributed by atoms with Crippen LogP contribution in [0.15, 0.2) is 41.3 Å². The molecule has 24 heavy (non-hydrogen) atoms. The van der Waals surface area contributed by atoms with E-state index in [0.29, 0.717) is 16.2 Å². The van der Waals surface area contributed by atoms with Crippen molar-refractivity contribution in [2.45, 2.75) is 44.0 Å². The van der Waals surface area contributed by atoms with Gasteiger partial charge >= 0.3 is 0 Å². The summed E-state index contributed by atoms with van der Waals surface area (Å²) in [5, 5.41) is 0. The Morgan fingerprint density at radius 2 is 1.88 bits per heavy atom. The van der Waals surface area contributed by atoms with Gasteiger partial charge in [0, 0.05) is 6.04 Å². The summed E-state index contributed by atoms with van der Waals surface area (Å²) in [7, 11) is -2.00. The van der Waals surface area contributed by atoms with Crippen LogP contribution in [0.5, 0.6) is 5.75 Å². The van der Waals surface area contributed by atoms with Crippen molar-refractivity contribution in [1.29, 1.82) is 0 Å². The van der Waals surface area contributed by atoms with Gasteiger partial charge in [-0.05, 0) is 67.5 Å². The number of ether oxygens (including phenoxy) is 1. The van der Waals surface area contributed by atoms with Gasteiger partial charge in [0.1, 0.15) is 5.75 Å². The smallest absolute Gasteiger partial charge is 0.241 e. The Morgan fingerprint density at radius 3 is 2.62 bits per heavy atom. The molecule has 0 saturated heterocycles. The number of aryl methyl sites for hydroxylation is 3. The van der Waals surface area contributed by atoms with Crippen LogP contribution in [0.3, 0.4) is 0 Å². The molecule has 1 atom stereocenters. The number of hydrogen-bond donors (Lipinski definition) is 1. The van der Waals surface area contributed by atoms with Crippen molar-refractivity contribution in [3.63, 3.8) is 0 Å². The summed E-state index contributed by atoms with van der Waals surface area (Å²) in [6, 6.07) is 11.4. The Hall–Kier alpha value is -1.85. The third-order valence-electron chi connectivity index (χ3n) is 4.65. The topological polar surface area (TPSA) is 55.4 Å². The van der Waals surface area contributed by atoms with E-state index in [1.54, 1.807) is 26.2 Å². The molecule has 0 radical (unpaired) electrons. The molecule has 4 nitrogen and oxygen atoms in total. The number of rotatable bonds is 4. The van der Waals surface area contributed by atoms with E-state index in [-0.39, 0.29) is 6.04 Å². The molecular weight excluding hydrogens is 322 g/mol. The Kier molecular flexibility index (Phi) is 4.65. The third-order valence-corrected chi connectivity index (χ3v) is 6.26. The maximum Gasteiger partial charge on any atom is 0.241 e. The average molecular weight is 345 g/mol. The van der Waals surface area contributed by atoms with Crippen LogP contribution >= 0.6 is 0 Å². The monoisotopic (exact) mass is 345 g/mol. The second kappa shape index (κ2) is 6.57. The van der Waals surface area contributed by atoms with Gasteiger partial charge in [-0.1, -0.05) is 24.3 Å². The minimum atomic E-state index is -3.59. The van der Waals surface area contributed by atoms with Gasteiger partial charge in [0.2, 0.25) is 10.0 Å². The lowest BCUT2D eigenvalue weighted by Gasteiger charge is -2.26. The second-order valence-electron chi connectivity index (χ2n) is 6.35. The molecule has 1 N–H and O–H groups in total. The Morgan fingerprint density at radius 1 is 1.12 bits per heavy atom. The molecule has 0 aromatic heterocycles. The van der Waals surface area contributed by atoms with Crippen LogP contribution in [-0.2, 0) is 16.4 Å². The molecule has 0 amide bonds. The first-order valence-corrected chi connectivity index (χ1v) is 9.66. The Bertz CT molecular complexity index is 859. The summed E-state index contributed by atoms with van der Waals surface area (Å²) in [4.78, 5) is 0.323. The van der Waals surface area contributed by atoms with Gasteiger partial charge in [0.15, 0.2) is 0 Å². The molecule has 0 bridgehead atoms. The van der Waals surface area contributed by atoms with E-state index in [2.05, 4.69) is 10.8 Å². The molecule has 0 spiro atoms. The molecule has 0 heterocycles. The van der Waals surface area contributed by atoms with E-state index in [1.807, 2.05) is 25.1 Å². The quantitative estimate of drug-likeness (QED) is 0.920. The van der Waals surface area contributed by atoms with Gasteiger partial charge in [-0.25, -0.2) is 13.1 Å². The van der Waals surface area contributed by atoms with Gasteiger partial charge in [0.05, 0.1) is 12.0 Å². The van der Waals surface area contributed by atoms with Crippen molar-refractivity contribution in [2.24, 2.45) is 0 Å². The first-order chi connectivity index (χ1) is 11.4. The van der Waals surface area contributed by atoms with Crippen LogP contribution in [0.1, 0.15) is 41.1 Å². The summed E-state index contributed by atoms with van der Waals surface area (Å²) in [5.41, 5.74) is 3.83. The van der Waals surface area contributed by atoms with Gasteiger partial charge in [-0.15, -0.1) is 0 Å². The standard InChI is InChI=1S/C19H23NO3S/c1-13-12-19(14(2)11-18(13)23-3)24(21,22)20-17-10-6-8-15-7-4-5-9-16(15)17/h4-5,7,9,11-12,17,20H,6,8,10H2,1-3H3/t17-/m1/s1. The van der Waals surface area contributed by atoms with E-state index >= 15 is 0 Å². The van der Waals surface area contributed by atoms with Crippen molar-refractivity contribution in [3.05, 3.63) is 58.7 Å². The number of hydrogen-bond acceptors (Lipinski definition) is 3. The highest BCUT2D eigenvalue weighted by atomic mass is 32.2. The van der Waals surface area contributed by atoms with E-state index in [0.717, 1.165) is 30.4 Å². The predicted molar refractivity (Wildman–Crippen MR) is 94.9 cm³/mol. The third kappa shape index (κ3) is 3.19. The van der Waals surface area contributed by atoms with Crippen molar-refractivity contribution in [3.8, 4) is 5.75 Å². The van der Waals surface area contributed by atoms with Crippen LogP contribution in [0, 0.1) is 13.8 Å². The lowest BCUT2D eigenvalue weighted by atomic mass is 9.88. The molecule has 3 rings (SSSR count). The predicted octanol–water partition coefficient (Wildman–Crippen LogP) is 3.67. The van der Waals surface area contributed by atoms with Crippen molar-refractivity contribution < 1.29 is 13.2 Å². The molecule has 0 unspecified atom stereocenters. The molecular formula is C19H23NO3S. The van der Waals surface area contributed by atoms with Crippen LogP contribution < -0.4 is 9.46 Å². The van der Waals surface area contributed by atoms with E-state index in [9.17, 15) is 8.42 Å². The SMILES string of the molecule is COc1cc(C)c(S(=O)(=O)N[C@@H]2CCCc3ccccc32)cc1C. The van der Waals surface area contributed by atoms with Crippen LogP contribution in [0.25, 0.3) is 0 Å². The molecule has 128 valence electrons. The number of methoxy groups -OCH3 is 1. The van der Waals surface area contributed by atoms with Crippen molar-refractivity contribution in [2.75, 3.05) is 7.11 Å². The zero-order valence-electron chi connectivity index (χ0n) is 14.3. The molecule has 2 aromatic rings. The van der Waals surface area contributed by atoms with Crippen LogP contribution in [0.2, 0.25) is 0 Å². The van der Waals surface area contributed by atoms with Gasteiger partial charge in [-0.3, -0.25) is 0 Å². The average Bonchev–Trinajstić information content (AvgIpc) is 2.56. The maximum absolute atomic E-state index is 12.9. The number of fused-ring (bicyclic) bond motifs is 1. The van der Waals surface area contributed by atoms with Crippen LogP contribution in [-0.4, -0.2) is 15.5 Å². The van der Waals surface area contributed by atoms with E-state index in [1.165, 1.54) is 5.56 Å². The normalized spacial score (nSPS) is 17.4. The molecule has 1 aliphatic carbocycles. The van der Waals surface area contributed by atoms with Crippen molar-refractivity contribution in [1.82, 2.24) is 4.72 Å². The zero-order valence-corrected chi connectivity index (χ0v) is 15.1. The van der Waals surface area contributed by atoms with Gasteiger partial charge in [0.25, 0.3) is 0 Å². The minimum absolute atomic E-state index is 0.165. The van der Waals surface area contributed by atoms with Crippen LogP contribution in [0.4, 0.5) is 0 Å². The summed E-state index contributed by atoms with van der Waals surface area (Å²) < 4.78 is 34.0. The largest absolute Gasteiger partial charge is 0.496 e. The first-order valence-electron chi connectivity index (χ1n) is 8.18. The summed E-state index contributed by atoms with van der Waals surface area (Å²) >= 11 is 0. The Labute approximate surface area is 143 Å².